The average molecular weight is 441 g/mol. The molecule has 2 aromatic heterocycles. The molecular formula is C26H24N4OS. The van der Waals surface area contributed by atoms with E-state index in [0.29, 0.717) is 10.8 Å². The number of hydrogen-bond donors (Lipinski definition) is 2. The number of nitrogens with zero attached hydrogens (tertiary/aromatic N) is 3. The summed E-state index contributed by atoms with van der Waals surface area (Å²) in [6.45, 7) is 4.25. The molecule has 0 bridgehead atoms. The van der Waals surface area contributed by atoms with Crippen LogP contribution in [0.2, 0.25) is 0 Å². The Morgan fingerprint density at radius 2 is 1.66 bits per heavy atom. The molecule has 6 heteroatoms. The van der Waals surface area contributed by atoms with Crippen LogP contribution in [0.3, 0.4) is 0 Å². The standard InChI is InChI=1S/C26H24N4OS/c1-17-16-20(18(2)29(17)19-10-4-3-5-11-19)25-24(21-12-8-9-15-27-21)28-26(32)30(25)22-13-6-7-14-23(22)31/h3-16,24-25,31H,1-2H3,(H,28,32)/t24-,25+/m1/s1. The van der Waals surface area contributed by atoms with E-state index >= 15 is 0 Å². The van der Waals surface area contributed by atoms with E-state index in [0.717, 1.165) is 28.3 Å². The van der Waals surface area contributed by atoms with Crippen LogP contribution in [0.4, 0.5) is 5.69 Å². The summed E-state index contributed by atoms with van der Waals surface area (Å²) in [4.78, 5) is 6.64. The molecule has 1 aliphatic rings. The first-order chi connectivity index (χ1) is 15.6. The summed E-state index contributed by atoms with van der Waals surface area (Å²) in [7, 11) is 0. The Hall–Kier alpha value is -3.64. The molecule has 5 nitrogen and oxygen atoms in total. The van der Waals surface area contributed by atoms with Gasteiger partial charge in [-0.1, -0.05) is 36.4 Å². The number of hydrogen-bond acceptors (Lipinski definition) is 3. The minimum atomic E-state index is -0.172. The number of benzene rings is 2. The number of aryl methyl sites for hydroxylation is 1. The zero-order valence-electron chi connectivity index (χ0n) is 17.9. The van der Waals surface area contributed by atoms with E-state index in [4.69, 9.17) is 12.2 Å². The quantitative estimate of drug-likeness (QED) is 0.418. The third-order valence-electron chi connectivity index (χ3n) is 6.04. The highest BCUT2D eigenvalue weighted by atomic mass is 32.1. The number of nitrogens with one attached hydrogen (secondary N) is 1. The highest BCUT2D eigenvalue weighted by Crippen LogP contribution is 2.45. The molecule has 2 aromatic carbocycles. The Kier molecular flexibility index (Phi) is 5.15. The molecular weight excluding hydrogens is 416 g/mol. The van der Waals surface area contributed by atoms with E-state index < -0.39 is 0 Å². The molecule has 160 valence electrons. The van der Waals surface area contributed by atoms with Gasteiger partial charge in [-0.25, -0.2) is 0 Å². The third-order valence-corrected chi connectivity index (χ3v) is 6.36. The molecule has 0 aliphatic carbocycles. The van der Waals surface area contributed by atoms with Crippen LogP contribution in [0.15, 0.2) is 85.1 Å². The van der Waals surface area contributed by atoms with Gasteiger partial charge in [0.15, 0.2) is 5.11 Å². The van der Waals surface area contributed by atoms with Gasteiger partial charge < -0.3 is 19.9 Å². The SMILES string of the molecule is Cc1cc([C@H]2[C@@H](c3ccccn3)NC(=S)N2c2ccccc2O)c(C)n1-c1ccccc1. The molecule has 0 amide bonds. The van der Waals surface area contributed by atoms with Gasteiger partial charge in [0.2, 0.25) is 0 Å². The second-order valence-electron chi connectivity index (χ2n) is 7.98. The first kappa shape index (κ1) is 20.3. The van der Waals surface area contributed by atoms with Gasteiger partial charge in [0.25, 0.3) is 0 Å². The molecule has 0 spiro atoms. The van der Waals surface area contributed by atoms with E-state index in [1.54, 1.807) is 12.3 Å². The summed E-state index contributed by atoms with van der Waals surface area (Å²) >= 11 is 5.78. The molecule has 3 heterocycles. The van der Waals surface area contributed by atoms with Crippen LogP contribution in [0.1, 0.15) is 34.7 Å². The lowest BCUT2D eigenvalue weighted by molar-refractivity contribution is 0.472. The van der Waals surface area contributed by atoms with Gasteiger partial charge in [0.05, 0.1) is 23.5 Å². The van der Waals surface area contributed by atoms with E-state index in [-0.39, 0.29) is 17.8 Å². The largest absolute Gasteiger partial charge is 0.506 e. The normalized spacial score (nSPS) is 18.1. The fourth-order valence-corrected chi connectivity index (χ4v) is 5.00. The predicted molar refractivity (Wildman–Crippen MR) is 131 cm³/mol. The minimum Gasteiger partial charge on any atom is -0.506 e. The van der Waals surface area contributed by atoms with Crippen molar-refractivity contribution in [1.29, 1.82) is 0 Å². The van der Waals surface area contributed by atoms with Crippen molar-refractivity contribution in [2.75, 3.05) is 4.90 Å². The lowest BCUT2D eigenvalue weighted by Gasteiger charge is -2.28. The Labute approximate surface area is 193 Å². The van der Waals surface area contributed by atoms with E-state index in [1.165, 1.54) is 0 Å². The van der Waals surface area contributed by atoms with Crippen molar-refractivity contribution in [2.45, 2.75) is 25.9 Å². The molecule has 32 heavy (non-hydrogen) atoms. The van der Waals surface area contributed by atoms with Crippen molar-refractivity contribution < 1.29 is 5.11 Å². The highest BCUT2D eigenvalue weighted by Gasteiger charge is 2.43. The molecule has 0 radical (unpaired) electrons. The number of aromatic nitrogens is 2. The summed E-state index contributed by atoms with van der Waals surface area (Å²) < 4.78 is 2.26. The Bertz CT molecular complexity index is 1270. The van der Waals surface area contributed by atoms with Crippen molar-refractivity contribution in [3.8, 4) is 11.4 Å². The number of rotatable bonds is 4. The Morgan fingerprint density at radius 1 is 0.938 bits per heavy atom. The van der Waals surface area contributed by atoms with Gasteiger partial charge >= 0.3 is 0 Å². The van der Waals surface area contributed by atoms with Gasteiger partial charge in [-0.15, -0.1) is 0 Å². The highest BCUT2D eigenvalue weighted by molar-refractivity contribution is 7.80. The number of para-hydroxylation sites is 3. The zero-order chi connectivity index (χ0) is 22.2. The predicted octanol–water partition coefficient (Wildman–Crippen LogP) is 5.37. The van der Waals surface area contributed by atoms with E-state index in [1.807, 2.05) is 59.5 Å². The number of phenolic OH excluding ortho intramolecular Hbond substituents is 1. The monoisotopic (exact) mass is 440 g/mol. The van der Waals surface area contributed by atoms with Crippen molar-refractivity contribution >= 4 is 23.0 Å². The fraction of sp³-hybridized carbons (Fsp3) is 0.154. The summed E-state index contributed by atoms with van der Waals surface area (Å²) in [5, 5.41) is 14.7. The van der Waals surface area contributed by atoms with E-state index in [9.17, 15) is 5.11 Å². The van der Waals surface area contributed by atoms with Crippen LogP contribution in [0.25, 0.3) is 5.69 Å². The van der Waals surface area contributed by atoms with Crippen LogP contribution in [0, 0.1) is 13.8 Å². The van der Waals surface area contributed by atoms with Crippen molar-refractivity contribution in [3.05, 3.63) is 108 Å². The maximum Gasteiger partial charge on any atom is 0.174 e. The molecule has 2 atom stereocenters. The summed E-state index contributed by atoms with van der Waals surface area (Å²) in [5.74, 6) is 0.195. The summed E-state index contributed by atoms with van der Waals surface area (Å²) in [6, 6.07) is 25.4. The molecule has 2 N–H and O–H groups in total. The van der Waals surface area contributed by atoms with Crippen molar-refractivity contribution in [3.63, 3.8) is 0 Å². The number of pyridine rings is 1. The van der Waals surface area contributed by atoms with Gasteiger partial charge in [0, 0.05) is 23.3 Å². The number of anilines is 1. The first-order valence-electron chi connectivity index (χ1n) is 10.6. The Morgan fingerprint density at radius 3 is 2.38 bits per heavy atom. The Balaban J connectivity index is 1.70. The summed E-state index contributed by atoms with van der Waals surface area (Å²) in [5.41, 5.74) is 6.11. The van der Waals surface area contributed by atoms with Crippen LogP contribution >= 0.6 is 12.2 Å². The maximum absolute atomic E-state index is 10.7. The molecule has 1 aliphatic heterocycles. The van der Waals surface area contributed by atoms with Crippen LogP contribution in [-0.4, -0.2) is 19.8 Å². The zero-order valence-corrected chi connectivity index (χ0v) is 18.8. The van der Waals surface area contributed by atoms with Crippen LogP contribution in [-0.2, 0) is 0 Å². The lowest BCUT2D eigenvalue weighted by Crippen LogP contribution is -2.29. The van der Waals surface area contributed by atoms with Gasteiger partial charge in [-0.05, 0) is 74.1 Å². The molecule has 4 aromatic rings. The fourth-order valence-electron chi connectivity index (χ4n) is 4.66. The molecule has 1 fully saturated rings. The first-order valence-corrected chi connectivity index (χ1v) is 11.0. The van der Waals surface area contributed by atoms with E-state index in [2.05, 4.69) is 46.9 Å². The molecule has 0 unspecified atom stereocenters. The number of phenols is 1. The second kappa shape index (κ2) is 8.13. The van der Waals surface area contributed by atoms with Crippen molar-refractivity contribution in [2.24, 2.45) is 0 Å². The smallest absolute Gasteiger partial charge is 0.174 e. The van der Waals surface area contributed by atoms with Gasteiger partial charge in [-0.3, -0.25) is 4.98 Å². The minimum absolute atomic E-state index is 0.159. The van der Waals surface area contributed by atoms with Crippen molar-refractivity contribution in [1.82, 2.24) is 14.9 Å². The number of aromatic hydroxyl groups is 1. The van der Waals surface area contributed by atoms with Crippen LogP contribution < -0.4 is 10.2 Å². The number of thiocarbonyl (C=S) groups is 1. The third kappa shape index (κ3) is 3.33. The lowest BCUT2D eigenvalue weighted by atomic mass is 9.96. The second-order valence-corrected chi connectivity index (χ2v) is 8.37. The summed E-state index contributed by atoms with van der Waals surface area (Å²) in [6.07, 6.45) is 1.80. The van der Waals surface area contributed by atoms with Gasteiger partial charge in [-0.2, -0.15) is 0 Å². The topological polar surface area (TPSA) is 53.3 Å². The van der Waals surface area contributed by atoms with Crippen LogP contribution in [0.5, 0.6) is 5.75 Å². The molecule has 0 saturated carbocycles. The molecule has 5 rings (SSSR count). The van der Waals surface area contributed by atoms with Gasteiger partial charge in [0.1, 0.15) is 5.75 Å². The average Bonchev–Trinajstić information content (AvgIpc) is 3.30. The maximum atomic E-state index is 10.7. The molecule has 1 saturated heterocycles.